The van der Waals surface area contributed by atoms with Crippen molar-refractivity contribution >= 4 is 43.0 Å². The van der Waals surface area contributed by atoms with Crippen LogP contribution in [0.5, 0.6) is 0 Å². The summed E-state index contributed by atoms with van der Waals surface area (Å²) in [6.07, 6.45) is 0. The Kier molecular flexibility index (Phi) is 3.94. The molecule has 0 unspecified atom stereocenters. The first-order chi connectivity index (χ1) is 8.92. The van der Waals surface area contributed by atoms with Gasteiger partial charge in [-0.05, 0) is 58.7 Å². The molecular weight excluding hydrogens is 348 g/mol. The summed E-state index contributed by atoms with van der Waals surface area (Å²) in [5.41, 5.74) is 1.80. The maximum absolute atomic E-state index is 12.1. The van der Waals surface area contributed by atoms with E-state index in [0.717, 1.165) is 20.7 Å². The first-order valence-electron chi connectivity index (χ1n) is 5.21. The van der Waals surface area contributed by atoms with E-state index in [4.69, 9.17) is 5.26 Å². The number of nitrogens with one attached hydrogen (secondary N) is 1. The molecule has 0 aliphatic carbocycles. The van der Waals surface area contributed by atoms with E-state index in [-0.39, 0.29) is 4.21 Å². The molecule has 4 nitrogen and oxygen atoms in total. The summed E-state index contributed by atoms with van der Waals surface area (Å²) in [5.74, 6) is 0. The van der Waals surface area contributed by atoms with Gasteiger partial charge in [-0.25, -0.2) is 8.42 Å². The van der Waals surface area contributed by atoms with Crippen LogP contribution in [0.1, 0.15) is 11.1 Å². The number of nitrogens with zero attached hydrogens (tertiary/aromatic N) is 1. The summed E-state index contributed by atoms with van der Waals surface area (Å²) in [6, 6.07) is 9.84. The van der Waals surface area contributed by atoms with Gasteiger partial charge in [0.05, 0.1) is 15.4 Å². The summed E-state index contributed by atoms with van der Waals surface area (Å²) < 4.78 is 27.8. The van der Waals surface area contributed by atoms with Gasteiger partial charge in [0.1, 0.15) is 4.21 Å². The third-order valence-corrected chi connectivity index (χ3v) is 6.36. The molecule has 0 atom stereocenters. The maximum Gasteiger partial charge on any atom is 0.271 e. The number of anilines is 1. The standard InChI is InChI=1S/C12H9BrN2O2S2/c1-8-6-11(18-12(8)13)19(16,17)15-10-4-2-9(7-14)3-5-10/h2-6,15H,1H3. The Balaban J connectivity index is 2.28. The largest absolute Gasteiger partial charge is 0.279 e. The number of halogens is 1. The van der Waals surface area contributed by atoms with Crippen molar-refractivity contribution in [2.75, 3.05) is 4.72 Å². The van der Waals surface area contributed by atoms with E-state index in [1.807, 2.05) is 13.0 Å². The van der Waals surface area contributed by atoms with Gasteiger partial charge in [-0.15, -0.1) is 11.3 Å². The molecule has 0 aliphatic heterocycles. The van der Waals surface area contributed by atoms with E-state index in [2.05, 4.69) is 20.7 Å². The summed E-state index contributed by atoms with van der Waals surface area (Å²) in [4.78, 5) is 0. The third kappa shape index (κ3) is 3.15. The van der Waals surface area contributed by atoms with Gasteiger partial charge in [-0.2, -0.15) is 5.26 Å². The molecule has 2 rings (SSSR count). The van der Waals surface area contributed by atoms with E-state index in [0.29, 0.717) is 11.3 Å². The van der Waals surface area contributed by atoms with Gasteiger partial charge in [0, 0.05) is 5.69 Å². The van der Waals surface area contributed by atoms with Gasteiger partial charge in [0.25, 0.3) is 10.0 Å². The predicted octanol–water partition coefficient (Wildman–Crippen LogP) is 3.49. The fraction of sp³-hybridized carbons (Fsp3) is 0.0833. The summed E-state index contributed by atoms with van der Waals surface area (Å²) in [5, 5.41) is 8.68. The number of benzene rings is 1. The van der Waals surface area contributed by atoms with Crippen molar-refractivity contribution in [1.82, 2.24) is 0 Å². The number of sulfonamides is 1. The number of rotatable bonds is 3. The average molecular weight is 357 g/mol. The van der Waals surface area contributed by atoms with Crippen LogP contribution in [-0.4, -0.2) is 8.42 Å². The van der Waals surface area contributed by atoms with Gasteiger partial charge in [0.15, 0.2) is 0 Å². The summed E-state index contributed by atoms with van der Waals surface area (Å²) >= 11 is 4.47. The second-order valence-electron chi connectivity index (χ2n) is 3.82. The molecule has 0 amide bonds. The van der Waals surface area contributed by atoms with E-state index < -0.39 is 10.0 Å². The topological polar surface area (TPSA) is 70.0 Å². The minimum Gasteiger partial charge on any atom is -0.279 e. The third-order valence-electron chi connectivity index (χ3n) is 2.37. The van der Waals surface area contributed by atoms with Gasteiger partial charge in [0.2, 0.25) is 0 Å². The lowest BCUT2D eigenvalue weighted by Gasteiger charge is -2.05. The van der Waals surface area contributed by atoms with Crippen LogP contribution < -0.4 is 4.72 Å². The van der Waals surface area contributed by atoms with Crippen LogP contribution >= 0.6 is 27.3 Å². The zero-order valence-corrected chi connectivity index (χ0v) is 13.1. The Hall–Kier alpha value is -1.36. The van der Waals surface area contributed by atoms with Crippen molar-refractivity contribution < 1.29 is 8.42 Å². The molecule has 1 heterocycles. The van der Waals surface area contributed by atoms with Gasteiger partial charge in [-0.3, -0.25) is 4.72 Å². The fourth-order valence-electron chi connectivity index (χ4n) is 1.38. The van der Waals surface area contributed by atoms with Crippen molar-refractivity contribution in [3.05, 3.63) is 45.2 Å². The second-order valence-corrected chi connectivity index (χ2v) is 8.10. The van der Waals surface area contributed by atoms with Crippen LogP contribution in [0.15, 0.2) is 38.3 Å². The van der Waals surface area contributed by atoms with Crippen molar-refractivity contribution in [3.8, 4) is 6.07 Å². The molecule has 1 N–H and O–H groups in total. The van der Waals surface area contributed by atoms with Crippen LogP contribution in [0.25, 0.3) is 0 Å². The molecule has 2 aromatic rings. The van der Waals surface area contributed by atoms with E-state index in [1.165, 1.54) is 0 Å². The highest BCUT2D eigenvalue weighted by Gasteiger charge is 2.18. The van der Waals surface area contributed by atoms with Crippen molar-refractivity contribution in [2.45, 2.75) is 11.1 Å². The van der Waals surface area contributed by atoms with Gasteiger partial charge < -0.3 is 0 Å². The molecule has 0 saturated heterocycles. The number of thiophene rings is 1. The van der Waals surface area contributed by atoms with E-state index in [1.54, 1.807) is 30.3 Å². The number of aryl methyl sites for hydroxylation is 1. The summed E-state index contributed by atoms with van der Waals surface area (Å²) in [7, 11) is -3.58. The molecule has 0 fully saturated rings. The monoisotopic (exact) mass is 356 g/mol. The first kappa shape index (κ1) is 14.1. The maximum atomic E-state index is 12.1. The van der Waals surface area contributed by atoms with Crippen LogP contribution in [-0.2, 0) is 10.0 Å². The molecule has 1 aromatic carbocycles. The molecule has 7 heteroatoms. The lowest BCUT2D eigenvalue weighted by atomic mass is 10.2. The molecule has 0 saturated carbocycles. The Bertz CT molecular complexity index is 724. The normalized spacial score (nSPS) is 11.0. The Morgan fingerprint density at radius 1 is 1.32 bits per heavy atom. The first-order valence-corrected chi connectivity index (χ1v) is 8.30. The van der Waals surface area contributed by atoms with Crippen LogP contribution in [0.2, 0.25) is 0 Å². The SMILES string of the molecule is Cc1cc(S(=O)(=O)Nc2ccc(C#N)cc2)sc1Br. The molecule has 0 aliphatic rings. The van der Waals surface area contributed by atoms with Crippen molar-refractivity contribution in [2.24, 2.45) is 0 Å². The average Bonchev–Trinajstić information content (AvgIpc) is 2.71. The lowest BCUT2D eigenvalue weighted by molar-refractivity contribution is 0.603. The van der Waals surface area contributed by atoms with Crippen LogP contribution in [0.4, 0.5) is 5.69 Å². The zero-order chi connectivity index (χ0) is 14.0. The number of hydrogen-bond acceptors (Lipinski definition) is 4. The van der Waals surface area contributed by atoms with E-state index >= 15 is 0 Å². The Morgan fingerprint density at radius 2 is 1.95 bits per heavy atom. The highest BCUT2D eigenvalue weighted by Crippen LogP contribution is 2.31. The lowest BCUT2D eigenvalue weighted by Crippen LogP contribution is -2.11. The quantitative estimate of drug-likeness (QED) is 0.914. The van der Waals surface area contributed by atoms with Gasteiger partial charge >= 0.3 is 0 Å². The molecule has 0 radical (unpaired) electrons. The molecule has 1 aromatic heterocycles. The van der Waals surface area contributed by atoms with Crippen LogP contribution in [0.3, 0.4) is 0 Å². The summed E-state index contributed by atoms with van der Waals surface area (Å²) in [6.45, 7) is 1.83. The Morgan fingerprint density at radius 3 is 2.42 bits per heavy atom. The highest BCUT2D eigenvalue weighted by molar-refractivity contribution is 9.11. The molecule has 0 bridgehead atoms. The van der Waals surface area contributed by atoms with E-state index in [9.17, 15) is 8.42 Å². The fourth-order valence-corrected chi connectivity index (χ4v) is 4.67. The van der Waals surface area contributed by atoms with Crippen molar-refractivity contribution in [1.29, 1.82) is 5.26 Å². The Labute approximate surface area is 123 Å². The minimum atomic E-state index is -3.58. The smallest absolute Gasteiger partial charge is 0.271 e. The molecular formula is C12H9BrN2O2S2. The number of hydrogen-bond donors (Lipinski definition) is 1. The molecule has 19 heavy (non-hydrogen) atoms. The van der Waals surface area contributed by atoms with Gasteiger partial charge in [-0.1, -0.05) is 0 Å². The molecule has 98 valence electrons. The van der Waals surface area contributed by atoms with Crippen molar-refractivity contribution in [3.63, 3.8) is 0 Å². The second kappa shape index (κ2) is 5.33. The zero-order valence-electron chi connectivity index (χ0n) is 9.84. The highest BCUT2D eigenvalue weighted by atomic mass is 79.9. The molecule has 0 spiro atoms. The predicted molar refractivity (Wildman–Crippen MR) is 78.7 cm³/mol. The minimum absolute atomic E-state index is 0.251. The van der Waals surface area contributed by atoms with Crippen LogP contribution in [0, 0.1) is 18.3 Å². The number of nitriles is 1.